The maximum atomic E-state index is 13.6. The number of carbonyl (C=O) groups is 3. The van der Waals surface area contributed by atoms with Gasteiger partial charge in [-0.15, -0.1) is 0 Å². The van der Waals surface area contributed by atoms with Crippen molar-refractivity contribution < 1.29 is 23.9 Å². The number of rotatable bonds is 9. The first kappa shape index (κ1) is 24.6. The fourth-order valence-corrected chi connectivity index (χ4v) is 4.17. The summed E-state index contributed by atoms with van der Waals surface area (Å²) in [6, 6.07) is 4.06. The van der Waals surface area contributed by atoms with Gasteiger partial charge in [-0.05, 0) is 82.7 Å². The van der Waals surface area contributed by atoms with Crippen LogP contribution in [0.1, 0.15) is 83.1 Å². The summed E-state index contributed by atoms with van der Waals surface area (Å²) in [5.41, 5.74) is 2.64. The molecule has 2 aromatic rings. The Morgan fingerprint density at radius 3 is 2.42 bits per heavy atom. The highest BCUT2D eigenvalue weighted by Crippen LogP contribution is 2.44. The van der Waals surface area contributed by atoms with Crippen LogP contribution in [0.5, 0.6) is 0 Å². The highest BCUT2D eigenvalue weighted by atomic mass is 19.1. The zero-order valence-electron chi connectivity index (χ0n) is 19.8. The third-order valence-electron chi connectivity index (χ3n) is 6.11. The SMILES string of the molecule is Cc1cc(NC(=O)c2c(C)c(C(=O)C(=O)NC(C)CCC(C)O)n(C)c2C2CC2)ccc1F. The van der Waals surface area contributed by atoms with E-state index in [0.29, 0.717) is 35.2 Å². The van der Waals surface area contributed by atoms with Gasteiger partial charge in [-0.3, -0.25) is 14.4 Å². The number of Topliss-reactive ketones (excluding diaryl/α,β-unsaturated/α-hetero) is 1. The van der Waals surface area contributed by atoms with E-state index in [9.17, 15) is 23.9 Å². The molecule has 1 aliphatic rings. The van der Waals surface area contributed by atoms with Gasteiger partial charge < -0.3 is 20.3 Å². The molecule has 3 N–H and O–H groups in total. The zero-order chi connectivity index (χ0) is 24.4. The first-order valence-corrected chi connectivity index (χ1v) is 11.3. The average Bonchev–Trinajstić information content (AvgIpc) is 3.53. The second-order valence-corrected chi connectivity index (χ2v) is 9.12. The van der Waals surface area contributed by atoms with Gasteiger partial charge in [0.05, 0.1) is 17.4 Å². The quantitative estimate of drug-likeness (QED) is 0.394. The molecule has 7 nitrogen and oxygen atoms in total. The van der Waals surface area contributed by atoms with E-state index in [1.165, 1.54) is 12.1 Å². The monoisotopic (exact) mass is 457 g/mol. The number of halogens is 1. The topological polar surface area (TPSA) is 100 Å². The van der Waals surface area contributed by atoms with Crippen LogP contribution in [-0.2, 0) is 11.8 Å². The largest absolute Gasteiger partial charge is 0.393 e. The molecule has 8 heteroatoms. The van der Waals surface area contributed by atoms with E-state index in [4.69, 9.17) is 0 Å². The number of ketones is 1. The molecule has 0 spiro atoms. The van der Waals surface area contributed by atoms with E-state index in [1.807, 2.05) is 0 Å². The molecular weight excluding hydrogens is 425 g/mol. The van der Waals surface area contributed by atoms with Crippen molar-refractivity contribution in [1.29, 1.82) is 0 Å². The molecule has 2 unspecified atom stereocenters. The van der Waals surface area contributed by atoms with Crippen molar-refractivity contribution in [2.45, 2.75) is 71.4 Å². The van der Waals surface area contributed by atoms with Crippen LogP contribution in [0.3, 0.4) is 0 Å². The third-order valence-corrected chi connectivity index (χ3v) is 6.11. The lowest BCUT2D eigenvalue weighted by Crippen LogP contribution is -2.38. The predicted molar refractivity (Wildman–Crippen MR) is 124 cm³/mol. The van der Waals surface area contributed by atoms with Gasteiger partial charge in [0.2, 0.25) is 0 Å². The second kappa shape index (κ2) is 9.87. The highest BCUT2D eigenvalue weighted by molar-refractivity contribution is 6.43. The molecule has 2 amide bonds. The number of nitrogens with one attached hydrogen (secondary N) is 2. The summed E-state index contributed by atoms with van der Waals surface area (Å²) in [7, 11) is 1.71. The molecular formula is C25H32FN3O4. The Kier molecular flexibility index (Phi) is 7.37. The standard InChI is InChI=1S/C25H32FN3O4/c1-13-12-18(10-11-19(13)26)28-24(32)20-16(4)21(29(5)22(20)17-8-9-17)23(31)25(33)27-14(2)6-7-15(3)30/h10-12,14-15,17,30H,6-9H2,1-5H3,(H,27,33)(H,28,32). The van der Waals surface area contributed by atoms with E-state index in [2.05, 4.69) is 10.6 Å². The van der Waals surface area contributed by atoms with Gasteiger partial charge in [0, 0.05) is 30.4 Å². The smallest absolute Gasteiger partial charge is 0.294 e. The lowest BCUT2D eigenvalue weighted by molar-refractivity contribution is -0.117. The zero-order valence-corrected chi connectivity index (χ0v) is 19.8. The van der Waals surface area contributed by atoms with Crippen molar-refractivity contribution in [3.05, 3.63) is 52.1 Å². The van der Waals surface area contributed by atoms with Crippen LogP contribution in [0.4, 0.5) is 10.1 Å². The van der Waals surface area contributed by atoms with Crippen molar-refractivity contribution in [1.82, 2.24) is 9.88 Å². The number of aromatic nitrogens is 1. The van der Waals surface area contributed by atoms with E-state index >= 15 is 0 Å². The average molecular weight is 458 g/mol. The van der Waals surface area contributed by atoms with Gasteiger partial charge in [0.25, 0.3) is 17.6 Å². The summed E-state index contributed by atoms with van der Waals surface area (Å²) in [5, 5.41) is 14.9. The molecule has 0 bridgehead atoms. The number of anilines is 1. The van der Waals surface area contributed by atoms with Crippen molar-refractivity contribution >= 4 is 23.3 Å². The number of aryl methyl sites for hydroxylation is 1. The lowest BCUT2D eigenvalue weighted by atomic mass is 10.0. The molecule has 178 valence electrons. The van der Waals surface area contributed by atoms with Crippen LogP contribution in [0.15, 0.2) is 18.2 Å². The fraction of sp³-hybridized carbons (Fsp3) is 0.480. The molecule has 3 rings (SSSR count). The van der Waals surface area contributed by atoms with E-state index in [-0.39, 0.29) is 29.4 Å². The Morgan fingerprint density at radius 2 is 1.85 bits per heavy atom. The first-order valence-electron chi connectivity index (χ1n) is 11.3. The molecule has 1 heterocycles. The number of amides is 2. The maximum Gasteiger partial charge on any atom is 0.294 e. The Morgan fingerprint density at radius 1 is 1.18 bits per heavy atom. The van der Waals surface area contributed by atoms with Crippen LogP contribution in [0.2, 0.25) is 0 Å². The number of hydrogen-bond donors (Lipinski definition) is 3. The number of aliphatic hydroxyl groups is 1. The van der Waals surface area contributed by atoms with Crippen molar-refractivity contribution in [2.24, 2.45) is 7.05 Å². The summed E-state index contributed by atoms with van der Waals surface area (Å²) < 4.78 is 15.3. The Hall–Kier alpha value is -3.00. The van der Waals surface area contributed by atoms with Gasteiger partial charge in [0.1, 0.15) is 5.82 Å². The summed E-state index contributed by atoms with van der Waals surface area (Å²) >= 11 is 0. The van der Waals surface area contributed by atoms with Crippen molar-refractivity contribution in [3.63, 3.8) is 0 Å². The van der Waals surface area contributed by atoms with Crippen molar-refractivity contribution in [3.8, 4) is 0 Å². The Balaban J connectivity index is 1.87. The molecule has 0 aliphatic heterocycles. The van der Waals surface area contributed by atoms with Crippen LogP contribution in [-0.4, -0.2) is 39.4 Å². The van der Waals surface area contributed by atoms with E-state index in [1.54, 1.807) is 45.4 Å². The number of nitrogens with zero attached hydrogens (tertiary/aromatic N) is 1. The molecule has 1 aromatic heterocycles. The minimum atomic E-state index is -0.736. The van der Waals surface area contributed by atoms with Gasteiger partial charge in [-0.25, -0.2) is 4.39 Å². The van der Waals surface area contributed by atoms with E-state index in [0.717, 1.165) is 18.5 Å². The Bertz CT molecular complexity index is 1090. The summed E-state index contributed by atoms with van der Waals surface area (Å²) in [5.74, 6) is -2.03. The van der Waals surface area contributed by atoms with Gasteiger partial charge in [0.15, 0.2) is 0 Å². The number of hydrogen-bond acceptors (Lipinski definition) is 4. The number of carbonyl (C=O) groups excluding carboxylic acids is 3. The normalized spacial score (nSPS) is 15.1. The minimum Gasteiger partial charge on any atom is -0.393 e. The molecule has 1 saturated carbocycles. The van der Waals surface area contributed by atoms with Crippen LogP contribution in [0.25, 0.3) is 0 Å². The van der Waals surface area contributed by atoms with Crippen molar-refractivity contribution in [2.75, 3.05) is 5.32 Å². The fourth-order valence-electron chi connectivity index (χ4n) is 4.17. The van der Waals surface area contributed by atoms with Gasteiger partial charge in [-0.2, -0.15) is 0 Å². The number of benzene rings is 1. The summed E-state index contributed by atoms with van der Waals surface area (Å²) in [6.45, 7) is 6.75. The van der Waals surface area contributed by atoms with Crippen LogP contribution < -0.4 is 10.6 Å². The highest BCUT2D eigenvalue weighted by Gasteiger charge is 2.37. The summed E-state index contributed by atoms with van der Waals surface area (Å²) in [6.07, 6.45) is 2.38. The molecule has 0 radical (unpaired) electrons. The minimum absolute atomic E-state index is 0.152. The molecule has 33 heavy (non-hydrogen) atoms. The third kappa shape index (κ3) is 5.50. The summed E-state index contributed by atoms with van der Waals surface area (Å²) in [4.78, 5) is 39.0. The van der Waals surface area contributed by atoms with Gasteiger partial charge >= 0.3 is 0 Å². The maximum absolute atomic E-state index is 13.6. The molecule has 0 saturated heterocycles. The van der Waals surface area contributed by atoms with Crippen LogP contribution in [0, 0.1) is 19.7 Å². The first-order chi connectivity index (χ1) is 15.5. The van der Waals surface area contributed by atoms with Crippen LogP contribution >= 0.6 is 0 Å². The van der Waals surface area contributed by atoms with Gasteiger partial charge in [-0.1, -0.05) is 0 Å². The predicted octanol–water partition coefficient (Wildman–Crippen LogP) is 3.76. The molecule has 2 atom stereocenters. The Labute approximate surface area is 193 Å². The number of aliphatic hydroxyl groups excluding tert-OH is 1. The van der Waals surface area contributed by atoms with E-state index < -0.39 is 17.8 Å². The molecule has 1 aromatic carbocycles. The second-order valence-electron chi connectivity index (χ2n) is 9.12. The molecule has 1 fully saturated rings. The lowest BCUT2D eigenvalue weighted by Gasteiger charge is -2.14. The molecule has 1 aliphatic carbocycles.